The quantitative estimate of drug-likeness (QED) is 0.790. The first-order valence-corrected chi connectivity index (χ1v) is 5.84. The van der Waals surface area contributed by atoms with Crippen LogP contribution in [0.4, 0.5) is 0 Å². The highest BCUT2D eigenvalue weighted by Crippen LogP contribution is 2.20. The van der Waals surface area contributed by atoms with E-state index in [0.717, 1.165) is 28.3 Å². The summed E-state index contributed by atoms with van der Waals surface area (Å²) in [5, 5.41) is 0. The molecule has 0 amide bonds. The van der Waals surface area contributed by atoms with Crippen molar-refractivity contribution in [3.63, 3.8) is 0 Å². The molecule has 3 heteroatoms. The van der Waals surface area contributed by atoms with Crippen LogP contribution in [0, 0.1) is 13.8 Å². The molecule has 0 aliphatic rings. The zero-order chi connectivity index (χ0) is 12.4. The molecular formula is C14H17N3. The lowest BCUT2D eigenvalue weighted by Crippen LogP contribution is -1.97. The van der Waals surface area contributed by atoms with E-state index in [2.05, 4.69) is 28.8 Å². The third kappa shape index (κ3) is 2.67. The summed E-state index contributed by atoms with van der Waals surface area (Å²) in [4.78, 5) is 13.3. The van der Waals surface area contributed by atoms with Crippen molar-refractivity contribution in [3.05, 3.63) is 41.6 Å². The fourth-order valence-corrected chi connectivity index (χ4v) is 1.78. The highest BCUT2D eigenvalue weighted by molar-refractivity contribution is 5.59. The average molecular weight is 227 g/mol. The fourth-order valence-electron chi connectivity index (χ4n) is 1.78. The van der Waals surface area contributed by atoms with Crippen LogP contribution in [-0.4, -0.2) is 15.0 Å². The van der Waals surface area contributed by atoms with E-state index in [9.17, 15) is 0 Å². The van der Waals surface area contributed by atoms with Gasteiger partial charge >= 0.3 is 0 Å². The molecule has 0 saturated carbocycles. The Hall–Kier alpha value is -1.77. The predicted octanol–water partition coefficient (Wildman–Crippen LogP) is 3.28. The highest BCUT2D eigenvalue weighted by Gasteiger charge is 2.06. The number of nitrogens with zero attached hydrogens (tertiary/aromatic N) is 3. The van der Waals surface area contributed by atoms with Gasteiger partial charge in [0, 0.05) is 23.1 Å². The number of hydrogen-bond acceptors (Lipinski definition) is 3. The summed E-state index contributed by atoms with van der Waals surface area (Å²) in [6.45, 7) is 8.24. The van der Waals surface area contributed by atoms with Gasteiger partial charge in [-0.3, -0.25) is 9.97 Å². The molecule has 2 heterocycles. The largest absolute Gasteiger partial charge is 0.261 e. The van der Waals surface area contributed by atoms with E-state index < -0.39 is 0 Å². The van der Waals surface area contributed by atoms with Crippen molar-refractivity contribution in [2.45, 2.75) is 33.6 Å². The lowest BCUT2D eigenvalue weighted by Gasteiger charge is -2.07. The van der Waals surface area contributed by atoms with Crippen molar-refractivity contribution in [1.82, 2.24) is 15.0 Å². The van der Waals surface area contributed by atoms with Crippen molar-refractivity contribution in [2.75, 3.05) is 0 Å². The third-order valence-corrected chi connectivity index (χ3v) is 2.62. The molecule has 2 aromatic rings. The van der Waals surface area contributed by atoms with Crippen LogP contribution in [0.1, 0.15) is 36.8 Å². The Morgan fingerprint density at radius 3 is 2.18 bits per heavy atom. The maximum absolute atomic E-state index is 4.63. The second kappa shape index (κ2) is 4.62. The molecule has 0 fully saturated rings. The Bertz CT molecular complexity index is 512. The van der Waals surface area contributed by atoms with E-state index in [1.54, 1.807) is 6.20 Å². The van der Waals surface area contributed by atoms with Crippen molar-refractivity contribution < 1.29 is 0 Å². The first-order valence-electron chi connectivity index (χ1n) is 5.84. The molecule has 0 spiro atoms. The molecule has 0 aliphatic carbocycles. The van der Waals surface area contributed by atoms with E-state index in [1.165, 1.54) is 0 Å². The van der Waals surface area contributed by atoms with Gasteiger partial charge in [-0.1, -0.05) is 13.8 Å². The van der Waals surface area contributed by atoms with Crippen LogP contribution >= 0.6 is 0 Å². The van der Waals surface area contributed by atoms with E-state index >= 15 is 0 Å². The van der Waals surface area contributed by atoms with Gasteiger partial charge < -0.3 is 0 Å². The van der Waals surface area contributed by atoms with Crippen molar-refractivity contribution in [2.24, 2.45) is 0 Å². The molecule has 88 valence electrons. The van der Waals surface area contributed by atoms with Crippen LogP contribution in [0.2, 0.25) is 0 Å². The predicted molar refractivity (Wildman–Crippen MR) is 68.8 cm³/mol. The van der Waals surface area contributed by atoms with Gasteiger partial charge in [0.25, 0.3) is 0 Å². The Morgan fingerprint density at radius 2 is 1.59 bits per heavy atom. The van der Waals surface area contributed by atoms with Gasteiger partial charge in [-0.25, -0.2) is 4.98 Å². The topological polar surface area (TPSA) is 38.7 Å². The van der Waals surface area contributed by atoms with E-state index in [1.807, 2.05) is 32.2 Å². The van der Waals surface area contributed by atoms with Crippen molar-refractivity contribution in [3.8, 4) is 11.3 Å². The molecule has 2 rings (SSSR count). The maximum Gasteiger partial charge on any atom is 0.0889 e. The second-order valence-electron chi connectivity index (χ2n) is 4.62. The van der Waals surface area contributed by atoms with Gasteiger partial charge in [0.05, 0.1) is 17.6 Å². The lowest BCUT2D eigenvalue weighted by molar-refractivity contribution is 0.814. The third-order valence-electron chi connectivity index (χ3n) is 2.62. The molecular weight excluding hydrogens is 210 g/mol. The fraction of sp³-hybridized carbons (Fsp3) is 0.357. The number of pyridine rings is 1. The van der Waals surface area contributed by atoms with Crippen molar-refractivity contribution in [1.29, 1.82) is 0 Å². The van der Waals surface area contributed by atoms with Crippen LogP contribution < -0.4 is 0 Å². The van der Waals surface area contributed by atoms with Crippen LogP contribution in [0.15, 0.2) is 24.5 Å². The molecule has 0 unspecified atom stereocenters. The minimum atomic E-state index is 0.395. The number of rotatable bonds is 2. The van der Waals surface area contributed by atoms with Crippen LogP contribution in [-0.2, 0) is 0 Å². The molecule has 0 radical (unpaired) electrons. The summed E-state index contributed by atoms with van der Waals surface area (Å²) in [6, 6.07) is 4.09. The minimum Gasteiger partial charge on any atom is -0.261 e. The van der Waals surface area contributed by atoms with Gasteiger partial charge in [-0.15, -0.1) is 0 Å². The van der Waals surface area contributed by atoms with Crippen LogP contribution in [0.25, 0.3) is 11.3 Å². The van der Waals surface area contributed by atoms with Crippen molar-refractivity contribution >= 4 is 0 Å². The summed E-state index contributed by atoms with van der Waals surface area (Å²) >= 11 is 0. The van der Waals surface area contributed by atoms with Gasteiger partial charge in [0.2, 0.25) is 0 Å². The summed E-state index contributed by atoms with van der Waals surface area (Å²) in [7, 11) is 0. The molecule has 0 aromatic carbocycles. The normalized spacial score (nSPS) is 10.9. The lowest BCUT2D eigenvalue weighted by atomic mass is 10.1. The zero-order valence-corrected chi connectivity index (χ0v) is 10.7. The molecule has 0 bridgehead atoms. The highest BCUT2D eigenvalue weighted by atomic mass is 14.8. The molecule has 0 saturated heterocycles. The molecule has 17 heavy (non-hydrogen) atoms. The van der Waals surface area contributed by atoms with E-state index in [0.29, 0.717) is 5.92 Å². The van der Waals surface area contributed by atoms with Crippen LogP contribution in [0.3, 0.4) is 0 Å². The van der Waals surface area contributed by atoms with Gasteiger partial charge in [0.1, 0.15) is 0 Å². The summed E-state index contributed by atoms with van der Waals surface area (Å²) in [5.74, 6) is 0.395. The monoisotopic (exact) mass is 227 g/mol. The molecule has 3 nitrogen and oxygen atoms in total. The summed E-state index contributed by atoms with van der Waals surface area (Å²) in [5.41, 5.74) is 5.05. The smallest absolute Gasteiger partial charge is 0.0889 e. The molecule has 2 aromatic heterocycles. The van der Waals surface area contributed by atoms with E-state index in [4.69, 9.17) is 0 Å². The van der Waals surface area contributed by atoms with Gasteiger partial charge in [0.15, 0.2) is 0 Å². The average Bonchev–Trinajstić information content (AvgIpc) is 2.28. The summed E-state index contributed by atoms with van der Waals surface area (Å²) in [6.07, 6.45) is 3.63. The zero-order valence-electron chi connectivity index (χ0n) is 10.7. The van der Waals surface area contributed by atoms with Crippen LogP contribution in [0.5, 0.6) is 0 Å². The molecule has 0 atom stereocenters. The summed E-state index contributed by atoms with van der Waals surface area (Å²) < 4.78 is 0. The molecule has 0 N–H and O–H groups in total. The van der Waals surface area contributed by atoms with E-state index in [-0.39, 0.29) is 0 Å². The van der Waals surface area contributed by atoms with Gasteiger partial charge in [-0.05, 0) is 31.9 Å². The molecule has 0 aliphatic heterocycles. The number of aryl methyl sites for hydroxylation is 2. The standard InChI is InChI=1S/C14H17N3/c1-9(2)13-7-15-8-14(17-13)12-5-10(3)16-11(4)6-12/h5-9H,1-4H3. The maximum atomic E-state index is 4.63. The first kappa shape index (κ1) is 11.7. The SMILES string of the molecule is Cc1cc(-c2cncc(C(C)C)n2)cc(C)n1. The second-order valence-corrected chi connectivity index (χ2v) is 4.62. The number of hydrogen-bond donors (Lipinski definition) is 0. The Labute approximate surface area is 102 Å². The number of aromatic nitrogens is 3. The Morgan fingerprint density at radius 1 is 0.941 bits per heavy atom. The minimum absolute atomic E-state index is 0.395. The first-order chi connectivity index (χ1) is 8.06. The Balaban J connectivity index is 2.49. The van der Waals surface area contributed by atoms with Gasteiger partial charge in [-0.2, -0.15) is 0 Å². The Kier molecular flexibility index (Phi) is 3.18.